The second-order valence-corrected chi connectivity index (χ2v) is 9.58. The van der Waals surface area contributed by atoms with Crippen LogP contribution in [0.1, 0.15) is 57.1 Å². The van der Waals surface area contributed by atoms with Gasteiger partial charge in [-0.1, -0.05) is 12.8 Å². The van der Waals surface area contributed by atoms with E-state index >= 15 is 0 Å². The Kier molecular flexibility index (Phi) is 5.33. The van der Waals surface area contributed by atoms with Crippen molar-refractivity contribution >= 4 is 11.8 Å². The third-order valence-electron chi connectivity index (χ3n) is 7.73. The van der Waals surface area contributed by atoms with Crippen LogP contribution in [0.15, 0.2) is 12.5 Å². The number of rotatable bonds is 5. The highest BCUT2D eigenvalue weighted by molar-refractivity contribution is 5.80. The van der Waals surface area contributed by atoms with Crippen LogP contribution in [0.25, 0.3) is 0 Å². The van der Waals surface area contributed by atoms with Gasteiger partial charge < -0.3 is 15.2 Å². The molecule has 1 aliphatic carbocycles. The molecular formula is C22H33N5O2. The van der Waals surface area contributed by atoms with E-state index in [-0.39, 0.29) is 17.9 Å². The van der Waals surface area contributed by atoms with E-state index in [0.717, 1.165) is 51.0 Å². The van der Waals surface area contributed by atoms with Gasteiger partial charge in [0.15, 0.2) is 0 Å². The molecule has 0 aromatic carbocycles. The lowest BCUT2D eigenvalue weighted by atomic mass is 9.72. The molecule has 2 N–H and O–H groups in total. The van der Waals surface area contributed by atoms with E-state index in [1.54, 1.807) is 6.33 Å². The number of hydrogen-bond donors (Lipinski definition) is 2. The summed E-state index contributed by atoms with van der Waals surface area (Å²) in [5, 5.41) is 3.24. The Balaban J connectivity index is 1.31. The minimum Gasteiger partial charge on any atom is -0.354 e. The molecule has 0 unspecified atom stereocenters. The lowest BCUT2D eigenvalue weighted by Crippen LogP contribution is -2.67. The van der Waals surface area contributed by atoms with Crippen molar-refractivity contribution in [2.75, 3.05) is 19.6 Å². The van der Waals surface area contributed by atoms with Gasteiger partial charge in [-0.2, -0.15) is 0 Å². The van der Waals surface area contributed by atoms with Gasteiger partial charge in [-0.25, -0.2) is 4.98 Å². The number of carbonyl (C=O) groups is 2. The monoisotopic (exact) mass is 399 g/mol. The van der Waals surface area contributed by atoms with Crippen molar-refractivity contribution < 1.29 is 9.59 Å². The largest absolute Gasteiger partial charge is 0.354 e. The fourth-order valence-corrected chi connectivity index (χ4v) is 6.41. The summed E-state index contributed by atoms with van der Waals surface area (Å²) in [5.41, 5.74) is 1.15. The van der Waals surface area contributed by atoms with Crippen LogP contribution in [-0.4, -0.2) is 63.3 Å². The molecule has 1 aromatic rings. The smallest absolute Gasteiger partial charge is 0.223 e. The molecule has 4 heterocycles. The molecule has 2 amide bonds. The molecule has 4 fully saturated rings. The normalized spacial score (nSPS) is 33.0. The second-order valence-electron chi connectivity index (χ2n) is 9.58. The number of imidazole rings is 1. The molecule has 0 radical (unpaired) electrons. The lowest BCUT2D eigenvalue weighted by Gasteiger charge is -2.56. The molecular weight excluding hydrogens is 366 g/mol. The van der Waals surface area contributed by atoms with E-state index in [9.17, 15) is 9.59 Å². The fourth-order valence-electron chi connectivity index (χ4n) is 6.41. The number of fused-ring (bicyclic) bond motifs is 4. The minimum atomic E-state index is 0.138. The number of piperidine rings is 3. The quantitative estimate of drug-likeness (QED) is 0.793. The van der Waals surface area contributed by atoms with E-state index in [4.69, 9.17) is 0 Å². The Morgan fingerprint density at radius 3 is 2.79 bits per heavy atom. The van der Waals surface area contributed by atoms with Crippen LogP contribution in [0.2, 0.25) is 0 Å². The minimum absolute atomic E-state index is 0.138. The second kappa shape index (κ2) is 8.09. The van der Waals surface area contributed by atoms with Gasteiger partial charge in [0.05, 0.1) is 12.4 Å². The Bertz CT molecular complexity index is 730. The first-order chi connectivity index (χ1) is 14.2. The molecule has 1 saturated carbocycles. The summed E-state index contributed by atoms with van der Waals surface area (Å²) in [5.74, 6) is 1.66. The summed E-state index contributed by atoms with van der Waals surface area (Å²) >= 11 is 0. The highest BCUT2D eigenvalue weighted by Gasteiger charge is 2.49. The Labute approximate surface area is 172 Å². The van der Waals surface area contributed by atoms with Crippen LogP contribution in [0.4, 0.5) is 0 Å². The molecule has 29 heavy (non-hydrogen) atoms. The molecule has 5 rings (SSSR count). The summed E-state index contributed by atoms with van der Waals surface area (Å²) < 4.78 is 0. The topological polar surface area (TPSA) is 81.3 Å². The third kappa shape index (κ3) is 3.81. The maximum atomic E-state index is 12.9. The van der Waals surface area contributed by atoms with Crippen molar-refractivity contribution in [3.8, 4) is 0 Å². The van der Waals surface area contributed by atoms with Crippen LogP contribution < -0.4 is 5.32 Å². The highest BCUT2D eigenvalue weighted by Crippen LogP contribution is 2.41. The first kappa shape index (κ1) is 19.1. The number of amides is 2. The summed E-state index contributed by atoms with van der Waals surface area (Å²) in [6.07, 6.45) is 12.0. The summed E-state index contributed by atoms with van der Waals surface area (Å²) in [7, 11) is 0. The number of nitrogens with one attached hydrogen (secondary N) is 2. The number of H-pyrrole nitrogens is 1. The third-order valence-corrected chi connectivity index (χ3v) is 7.73. The number of hydrogen-bond acceptors (Lipinski definition) is 4. The zero-order chi connectivity index (χ0) is 19.8. The summed E-state index contributed by atoms with van der Waals surface area (Å²) in [6.45, 7) is 3.53. The van der Waals surface area contributed by atoms with Crippen molar-refractivity contribution in [3.63, 3.8) is 0 Å². The maximum Gasteiger partial charge on any atom is 0.223 e. The molecule has 1 aromatic heterocycles. The van der Waals surface area contributed by atoms with E-state index in [1.165, 1.54) is 19.3 Å². The zero-order valence-corrected chi connectivity index (χ0v) is 17.2. The van der Waals surface area contributed by atoms with E-state index in [0.29, 0.717) is 36.8 Å². The Hall–Kier alpha value is -1.89. The maximum absolute atomic E-state index is 12.9. The molecule has 0 spiro atoms. The Morgan fingerprint density at radius 1 is 1.17 bits per heavy atom. The van der Waals surface area contributed by atoms with Crippen molar-refractivity contribution in [2.45, 2.75) is 70.0 Å². The highest BCUT2D eigenvalue weighted by atomic mass is 16.2. The van der Waals surface area contributed by atoms with Gasteiger partial charge in [0, 0.05) is 56.5 Å². The van der Waals surface area contributed by atoms with E-state index in [1.807, 2.05) is 6.20 Å². The standard InChI is InChI=1S/C22H33N5O2/c28-21-7-3-6-19-16-8-17(12-26(11-16)13-18-9-23-14-25-18)20(27(19)21)10-24-22(29)15-4-1-2-5-15/h9,14-17,19-20H,1-8,10-13H2,(H,23,25)(H,24,29)/t16-,17-,19-,20-/m0/s1. The molecule has 4 atom stereocenters. The number of likely N-dealkylation sites (tertiary alicyclic amines) is 1. The molecule has 2 bridgehead atoms. The van der Waals surface area contributed by atoms with Crippen LogP contribution in [0.3, 0.4) is 0 Å². The number of nitrogens with zero attached hydrogens (tertiary/aromatic N) is 3. The number of aromatic amines is 1. The predicted molar refractivity (Wildman–Crippen MR) is 109 cm³/mol. The van der Waals surface area contributed by atoms with Crippen LogP contribution in [0, 0.1) is 17.8 Å². The van der Waals surface area contributed by atoms with Crippen LogP contribution >= 0.6 is 0 Å². The summed E-state index contributed by atoms with van der Waals surface area (Å²) in [6, 6.07) is 0.476. The molecule has 4 aliphatic rings. The van der Waals surface area contributed by atoms with Gasteiger partial charge in [0.2, 0.25) is 11.8 Å². The first-order valence-corrected chi connectivity index (χ1v) is 11.5. The van der Waals surface area contributed by atoms with Crippen molar-refractivity contribution in [2.24, 2.45) is 17.8 Å². The van der Waals surface area contributed by atoms with Crippen molar-refractivity contribution in [1.82, 2.24) is 25.1 Å². The molecule has 7 heteroatoms. The van der Waals surface area contributed by atoms with Crippen molar-refractivity contribution in [1.29, 1.82) is 0 Å². The van der Waals surface area contributed by atoms with Gasteiger partial charge in [0.25, 0.3) is 0 Å². The van der Waals surface area contributed by atoms with Gasteiger partial charge in [-0.3, -0.25) is 14.5 Å². The average Bonchev–Trinajstić information content (AvgIpc) is 3.42. The zero-order valence-electron chi connectivity index (χ0n) is 17.2. The number of aromatic nitrogens is 2. The first-order valence-electron chi connectivity index (χ1n) is 11.5. The SMILES string of the molecule is O=C(NC[C@H]1[C@H]2C[C@@H](CN(Cc3cnc[nH]3)C2)[C@@H]2CCCC(=O)N21)C1CCCC1. The fraction of sp³-hybridized carbons (Fsp3) is 0.773. The van der Waals surface area contributed by atoms with Gasteiger partial charge in [0.1, 0.15) is 0 Å². The molecule has 3 aliphatic heterocycles. The molecule has 3 saturated heterocycles. The molecule has 158 valence electrons. The van der Waals surface area contributed by atoms with Gasteiger partial charge in [-0.05, 0) is 43.9 Å². The van der Waals surface area contributed by atoms with Crippen LogP contribution in [0.5, 0.6) is 0 Å². The van der Waals surface area contributed by atoms with Gasteiger partial charge >= 0.3 is 0 Å². The summed E-state index contributed by atoms with van der Waals surface area (Å²) in [4.78, 5) is 37.6. The van der Waals surface area contributed by atoms with Gasteiger partial charge in [-0.15, -0.1) is 0 Å². The average molecular weight is 400 g/mol. The lowest BCUT2D eigenvalue weighted by molar-refractivity contribution is -0.153. The predicted octanol–water partition coefficient (Wildman–Crippen LogP) is 1.92. The van der Waals surface area contributed by atoms with E-state index in [2.05, 4.69) is 25.1 Å². The van der Waals surface area contributed by atoms with E-state index < -0.39 is 0 Å². The number of carbonyl (C=O) groups excluding carboxylic acids is 2. The Morgan fingerprint density at radius 2 is 2.00 bits per heavy atom. The molecule has 7 nitrogen and oxygen atoms in total. The van der Waals surface area contributed by atoms with Crippen LogP contribution in [-0.2, 0) is 16.1 Å². The van der Waals surface area contributed by atoms with Crippen molar-refractivity contribution in [3.05, 3.63) is 18.2 Å².